The number of carbonyl (C=O) groups excluding carboxylic acids is 2. The van der Waals surface area contributed by atoms with Crippen molar-refractivity contribution in [1.82, 2.24) is 9.97 Å². The highest BCUT2D eigenvalue weighted by molar-refractivity contribution is 5.83. The molecule has 7 nitrogen and oxygen atoms in total. The van der Waals surface area contributed by atoms with Crippen LogP contribution in [-0.2, 0) is 25.5 Å². The van der Waals surface area contributed by atoms with E-state index in [4.69, 9.17) is 13.9 Å². The number of nitrogens with one attached hydrogen (secondary N) is 1. The molecule has 1 aliphatic heterocycles. The van der Waals surface area contributed by atoms with Gasteiger partial charge >= 0.3 is 5.97 Å². The van der Waals surface area contributed by atoms with E-state index >= 15 is 0 Å². The van der Waals surface area contributed by atoms with E-state index in [1.807, 2.05) is 30.3 Å². The monoisotopic (exact) mass is 378 g/mol. The zero-order valence-electron chi connectivity index (χ0n) is 15.4. The number of aldehydes is 1. The van der Waals surface area contributed by atoms with Gasteiger partial charge in [-0.05, 0) is 26.0 Å². The fourth-order valence-electron chi connectivity index (χ4n) is 3.14. The number of aromatic amines is 1. The maximum absolute atomic E-state index is 12.4. The Labute approximate surface area is 160 Å². The number of carbonyl (C=O) groups is 2. The number of hydrogen-bond donors (Lipinski definition) is 1. The van der Waals surface area contributed by atoms with Gasteiger partial charge in [-0.15, -0.1) is 0 Å². The number of furan rings is 1. The fraction of sp³-hybridized carbons (Fsp3) is 0.190. The van der Waals surface area contributed by atoms with Crippen LogP contribution in [-0.4, -0.2) is 28.3 Å². The van der Waals surface area contributed by atoms with Gasteiger partial charge in [-0.2, -0.15) is 0 Å². The topological polar surface area (TPSA) is 94.4 Å². The van der Waals surface area contributed by atoms with Crippen LogP contribution >= 0.6 is 0 Å². The molecule has 2 aromatic heterocycles. The van der Waals surface area contributed by atoms with Crippen LogP contribution in [0.25, 0.3) is 16.7 Å². The van der Waals surface area contributed by atoms with Crippen molar-refractivity contribution in [2.24, 2.45) is 0 Å². The van der Waals surface area contributed by atoms with E-state index in [1.54, 1.807) is 26.2 Å². The second-order valence-electron chi connectivity index (χ2n) is 6.48. The first kappa shape index (κ1) is 17.8. The van der Waals surface area contributed by atoms with Crippen LogP contribution in [0.3, 0.4) is 0 Å². The maximum atomic E-state index is 12.4. The van der Waals surface area contributed by atoms with Gasteiger partial charge in [0.15, 0.2) is 23.9 Å². The average molecular weight is 378 g/mol. The van der Waals surface area contributed by atoms with E-state index in [2.05, 4.69) is 9.97 Å². The summed E-state index contributed by atoms with van der Waals surface area (Å²) in [6, 6.07) is 9.38. The molecule has 3 aromatic rings. The third-order valence-corrected chi connectivity index (χ3v) is 4.57. The predicted molar refractivity (Wildman–Crippen MR) is 101 cm³/mol. The quantitative estimate of drug-likeness (QED) is 0.539. The molecule has 0 saturated carbocycles. The van der Waals surface area contributed by atoms with Gasteiger partial charge < -0.3 is 18.9 Å². The zero-order chi connectivity index (χ0) is 19.7. The van der Waals surface area contributed by atoms with Crippen molar-refractivity contribution in [3.05, 3.63) is 71.2 Å². The number of imidazole rings is 1. The molecule has 0 radical (unpaired) electrons. The van der Waals surface area contributed by atoms with Crippen LogP contribution in [0.15, 0.2) is 64.0 Å². The smallest absolute Gasteiger partial charge is 0.318 e. The molecule has 4 rings (SSSR count). The number of nitrogens with zero attached hydrogens (tertiary/aromatic N) is 1. The molecule has 3 heterocycles. The third-order valence-electron chi connectivity index (χ3n) is 4.57. The van der Waals surface area contributed by atoms with E-state index in [0.717, 1.165) is 5.39 Å². The molecule has 1 unspecified atom stereocenters. The molecule has 1 aromatic carbocycles. The first-order valence-corrected chi connectivity index (χ1v) is 8.78. The van der Waals surface area contributed by atoms with Crippen LogP contribution in [0.4, 0.5) is 0 Å². The molecule has 0 amide bonds. The summed E-state index contributed by atoms with van der Waals surface area (Å²) in [5.41, 5.74) is 1.81. The Bertz CT molecular complexity index is 1070. The summed E-state index contributed by atoms with van der Waals surface area (Å²) >= 11 is 0. The Balaban J connectivity index is 1.69. The molecular formula is C21H18N2O5. The molecule has 28 heavy (non-hydrogen) atoms. The lowest BCUT2D eigenvalue weighted by molar-refractivity contribution is -0.139. The van der Waals surface area contributed by atoms with Crippen LogP contribution in [0, 0.1) is 0 Å². The number of rotatable bonds is 5. The molecule has 1 N–H and O–H groups in total. The van der Waals surface area contributed by atoms with Crippen LogP contribution < -0.4 is 0 Å². The van der Waals surface area contributed by atoms with E-state index in [0.29, 0.717) is 46.1 Å². The highest BCUT2D eigenvalue weighted by atomic mass is 16.5. The van der Waals surface area contributed by atoms with Gasteiger partial charge in [-0.25, -0.2) is 4.98 Å². The minimum Gasteiger partial charge on any atom is -0.474 e. The molecule has 1 atom stereocenters. The SMILES string of the molecule is CC1=C(c2cc3ccccc3o2)OC(C=O)C(C)=C1OC(=O)Cc1ncc[nH]1. The van der Waals surface area contributed by atoms with Gasteiger partial charge in [0, 0.05) is 28.9 Å². The van der Waals surface area contributed by atoms with Gasteiger partial charge in [0.2, 0.25) is 0 Å². The number of aromatic nitrogens is 2. The van der Waals surface area contributed by atoms with Gasteiger partial charge in [0.05, 0.1) is 0 Å². The molecule has 0 aliphatic carbocycles. The molecule has 0 bridgehead atoms. The van der Waals surface area contributed by atoms with Crippen molar-refractivity contribution in [1.29, 1.82) is 0 Å². The summed E-state index contributed by atoms with van der Waals surface area (Å²) in [4.78, 5) is 30.8. The number of fused-ring (bicyclic) bond motifs is 1. The maximum Gasteiger partial charge on any atom is 0.318 e. The summed E-state index contributed by atoms with van der Waals surface area (Å²) in [6.07, 6.45) is 3.00. The summed E-state index contributed by atoms with van der Waals surface area (Å²) in [7, 11) is 0. The Hall–Kier alpha value is -3.61. The Morgan fingerprint density at radius 2 is 2.14 bits per heavy atom. The Morgan fingerprint density at radius 3 is 2.86 bits per heavy atom. The van der Waals surface area contributed by atoms with Crippen molar-refractivity contribution in [2.75, 3.05) is 0 Å². The van der Waals surface area contributed by atoms with Crippen molar-refractivity contribution in [3.8, 4) is 0 Å². The van der Waals surface area contributed by atoms with E-state index in [1.165, 1.54) is 0 Å². The first-order chi connectivity index (χ1) is 13.6. The van der Waals surface area contributed by atoms with Gasteiger partial charge in [-0.3, -0.25) is 9.59 Å². The highest BCUT2D eigenvalue weighted by Gasteiger charge is 2.31. The van der Waals surface area contributed by atoms with Crippen molar-refractivity contribution in [2.45, 2.75) is 26.4 Å². The molecule has 0 fully saturated rings. The molecule has 0 saturated heterocycles. The van der Waals surface area contributed by atoms with Gasteiger partial charge in [0.1, 0.15) is 23.6 Å². The number of esters is 1. The second kappa shape index (κ2) is 7.19. The normalized spacial score (nSPS) is 17.0. The van der Waals surface area contributed by atoms with E-state index in [-0.39, 0.29) is 6.42 Å². The average Bonchev–Trinajstić information content (AvgIpc) is 3.34. The lowest BCUT2D eigenvalue weighted by Crippen LogP contribution is -2.24. The predicted octanol–water partition coefficient (Wildman–Crippen LogP) is 3.54. The van der Waals surface area contributed by atoms with Gasteiger partial charge in [-0.1, -0.05) is 18.2 Å². The lowest BCUT2D eigenvalue weighted by atomic mass is 10.0. The number of benzene rings is 1. The highest BCUT2D eigenvalue weighted by Crippen LogP contribution is 2.37. The molecule has 0 spiro atoms. The number of ether oxygens (including phenoxy) is 2. The Morgan fingerprint density at radius 1 is 1.32 bits per heavy atom. The Kier molecular flexibility index (Phi) is 4.57. The van der Waals surface area contributed by atoms with Crippen molar-refractivity contribution < 1.29 is 23.5 Å². The summed E-state index contributed by atoms with van der Waals surface area (Å²) < 4.78 is 17.3. The lowest BCUT2D eigenvalue weighted by Gasteiger charge is -2.26. The van der Waals surface area contributed by atoms with Crippen LogP contribution in [0.2, 0.25) is 0 Å². The largest absolute Gasteiger partial charge is 0.474 e. The van der Waals surface area contributed by atoms with Crippen molar-refractivity contribution >= 4 is 29.0 Å². The second-order valence-corrected chi connectivity index (χ2v) is 6.48. The number of H-pyrrole nitrogens is 1. The van der Waals surface area contributed by atoms with E-state index in [9.17, 15) is 9.59 Å². The van der Waals surface area contributed by atoms with Crippen molar-refractivity contribution in [3.63, 3.8) is 0 Å². The summed E-state index contributed by atoms with van der Waals surface area (Å²) in [5.74, 6) is 1.17. The molecular weight excluding hydrogens is 360 g/mol. The first-order valence-electron chi connectivity index (χ1n) is 8.78. The number of hydrogen-bond acceptors (Lipinski definition) is 6. The number of para-hydroxylation sites is 1. The minimum absolute atomic E-state index is 0.0103. The van der Waals surface area contributed by atoms with E-state index < -0.39 is 12.1 Å². The van der Waals surface area contributed by atoms with Gasteiger partial charge in [0.25, 0.3) is 0 Å². The molecule has 142 valence electrons. The fourth-order valence-corrected chi connectivity index (χ4v) is 3.14. The molecule has 7 heteroatoms. The minimum atomic E-state index is -0.863. The summed E-state index contributed by atoms with van der Waals surface area (Å²) in [5, 5.41) is 0.909. The standard InChI is InChI=1S/C21H18N2O5/c1-12-17(11-24)27-21(16-9-14-5-3-4-6-15(14)26-16)13(2)20(12)28-19(25)10-18-22-7-8-23-18/h3-9,11,17H,10H2,1-2H3,(H,22,23). The van der Waals surface area contributed by atoms with Crippen LogP contribution in [0.1, 0.15) is 25.4 Å². The molecule has 1 aliphatic rings. The van der Waals surface area contributed by atoms with Crippen LogP contribution in [0.5, 0.6) is 0 Å². The third kappa shape index (κ3) is 3.22. The number of allylic oxidation sites excluding steroid dienone is 1. The zero-order valence-corrected chi connectivity index (χ0v) is 15.4. The summed E-state index contributed by atoms with van der Waals surface area (Å²) in [6.45, 7) is 3.47.